The van der Waals surface area contributed by atoms with Gasteiger partial charge in [-0.15, -0.1) is 0 Å². The first-order valence-electron chi connectivity index (χ1n) is 9.82. The van der Waals surface area contributed by atoms with Crippen molar-refractivity contribution in [2.45, 2.75) is 56.2 Å². The molecular formula is C23H26ClNO2. The van der Waals surface area contributed by atoms with Crippen LogP contribution in [0.15, 0.2) is 54.6 Å². The fourth-order valence-corrected chi connectivity index (χ4v) is 4.84. The number of halogens is 1. The van der Waals surface area contributed by atoms with Gasteiger partial charge in [-0.05, 0) is 62.4 Å². The van der Waals surface area contributed by atoms with Gasteiger partial charge in [0.05, 0.1) is 5.92 Å². The molecule has 2 aliphatic rings. The van der Waals surface area contributed by atoms with Crippen LogP contribution in [0.2, 0.25) is 5.02 Å². The molecule has 27 heavy (non-hydrogen) atoms. The molecule has 3 unspecified atom stereocenters. The molecule has 0 saturated carbocycles. The molecule has 142 valence electrons. The zero-order valence-electron chi connectivity index (χ0n) is 15.7. The normalized spacial score (nSPS) is 25.9. The first-order valence-corrected chi connectivity index (χ1v) is 10.2. The Kier molecular flexibility index (Phi) is 5.51. The summed E-state index contributed by atoms with van der Waals surface area (Å²) < 4.78 is 6.04. The molecule has 3 nitrogen and oxygen atoms in total. The zero-order chi connectivity index (χ0) is 18.8. The van der Waals surface area contributed by atoms with Gasteiger partial charge >= 0.3 is 5.97 Å². The Bertz CT molecular complexity index is 780. The zero-order valence-corrected chi connectivity index (χ0v) is 16.4. The van der Waals surface area contributed by atoms with Crippen molar-refractivity contribution in [1.29, 1.82) is 0 Å². The minimum Gasteiger partial charge on any atom is -0.462 e. The number of hydrogen-bond acceptors (Lipinski definition) is 3. The van der Waals surface area contributed by atoms with Crippen molar-refractivity contribution in [3.63, 3.8) is 0 Å². The highest BCUT2D eigenvalue weighted by molar-refractivity contribution is 6.30. The lowest BCUT2D eigenvalue weighted by Crippen LogP contribution is -2.43. The van der Waals surface area contributed by atoms with E-state index in [2.05, 4.69) is 11.9 Å². The van der Waals surface area contributed by atoms with E-state index in [1.807, 2.05) is 54.6 Å². The standard InChI is InChI=1S/C23H26ClNO2/c1-25-19-10-11-20(25)15-21(14-19)27-23(26)22(17-7-3-2-4-8-17)13-16-6-5-9-18(24)12-16/h2-9,12,19-22H,10-11,13-15H2,1H3. The van der Waals surface area contributed by atoms with Crippen molar-refractivity contribution < 1.29 is 9.53 Å². The molecule has 4 rings (SSSR count). The van der Waals surface area contributed by atoms with Gasteiger partial charge in [0.1, 0.15) is 6.10 Å². The lowest BCUT2D eigenvalue weighted by molar-refractivity contribution is -0.154. The maximum Gasteiger partial charge on any atom is 0.314 e. The summed E-state index contributed by atoms with van der Waals surface area (Å²) in [6.07, 6.45) is 4.99. The molecule has 0 amide bonds. The molecule has 2 bridgehead atoms. The molecule has 2 aliphatic heterocycles. The molecule has 2 aromatic carbocycles. The van der Waals surface area contributed by atoms with Crippen molar-refractivity contribution in [3.8, 4) is 0 Å². The van der Waals surface area contributed by atoms with Crippen molar-refractivity contribution in [2.75, 3.05) is 7.05 Å². The monoisotopic (exact) mass is 383 g/mol. The second-order valence-corrected chi connectivity index (χ2v) is 8.31. The lowest BCUT2D eigenvalue weighted by atomic mass is 9.91. The van der Waals surface area contributed by atoms with Crippen LogP contribution < -0.4 is 0 Å². The molecule has 3 atom stereocenters. The fraction of sp³-hybridized carbons (Fsp3) is 0.435. The molecule has 0 aliphatic carbocycles. The van der Waals surface area contributed by atoms with Crippen LogP contribution >= 0.6 is 11.6 Å². The van der Waals surface area contributed by atoms with Gasteiger partial charge < -0.3 is 9.64 Å². The number of piperidine rings is 1. The second kappa shape index (κ2) is 8.04. The third-order valence-electron chi connectivity index (χ3n) is 6.15. The molecule has 2 heterocycles. The topological polar surface area (TPSA) is 29.5 Å². The van der Waals surface area contributed by atoms with E-state index >= 15 is 0 Å². The second-order valence-electron chi connectivity index (χ2n) is 7.88. The average molecular weight is 384 g/mol. The average Bonchev–Trinajstić information content (AvgIpc) is 2.88. The number of rotatable bonds is 5. The van der Waals surface area contributed by atoms with E-state index in [-0.39, 0.29) is 18.0 Å². The summed E-state index contributed by atoms with van der Waals surface area (Å²) in [7, 11) is 2.20. The van der Waals surface area contributed by atoms with Crippen molar-refractivity contribution in [1.82, 2.24) is 4.90 Å². The van der Waals surface area contributed by atoms with E-state index in [0.29, 0.717) is 23.5 Å². The third kappa shape index (κ3) is 4.20. The van der Waals surface area contributed by atoms with Crippen molar-refractivity contribution in [2.24, 2.45) is 0 Å². The number of ether oxygens (including phenoxy) is 1. The Labute approximate surface area is 166 Å². The number of nitrogens with zero attached hydrogens (tertiary/aromatic N) is 1. The molecule has 0 aromatic heterocycles. The molecular weight excluding hydrogens is 358 g/mol. The minimum absolute atomic E-state index is 0.0387. The SMILES string of the molecule is CN1C2CCC1CC(OC(=O)C(Cc1cccc(Cl)c1)c1ccccc1)C2. The van der Waals surface area contributed by atoms with Gasteiger partial charge in [-0.25, -0.2) is 0 Å². The summed E-state index contributed by atoms with van der Waals surface area (Å²) in [6.45, 7) is 0. The summed E-state index contributed by atoms with van der Waals surface area (Å²) in [6, 6.07) is 18.8. The number of benzene rings is 2. The Balaban J connectivity index is 1.50. The van der Waals surface area contributed by atoms with Crippen molar-refractivity contribution >= 4 is 17.6 Å². The highest BCUT2D eigenvalue weighted by Gasteiger charge is 2.40. The largest absolute Gasteiger partial charge is 0.462 e. The highest BCUT2D eigenvalue weighted by atomic mass is 35.5. The maximum absolute atomic E-state index is 13.1. The van der Waals surface area contributed by atoms with Crippen LogP contribution in [0.4, 0.5) is 0 Å². The first kappa shape index (κ1) is 18.5. The summed E-state index contributed by atoms with van der Waals surface area (Å²) in [5, 5.41) is 0.694. The van der Waals surface area contributed by atoms with Crippen LogP contribution in [0, 0.1) is 0 Å². The molecule has 0 radical (unpaired) electrons. The van der Waals surface area contributed by atoms with E-state index in [4.69, 9.17) is 16.3 Å². The van der Waals surface area contributed by atoms with Crippen LogP contribution in [0.5, 0.6) is 0 Å². The minimum atomic E-state index is -0.304. The predicted octanol–water partition coefficient (Wildman–Crippen LogP) is 4.83. The number of esters is 1. The van der Waals surface area contributed by atoms with Gasteiger partial charge in [0, 0.05) is 17.1 Å². The summed E-state index contributed by atoms with van der Waals surface area (Å²) in [5.41, 5.74) is 2.05. The van der Waals surface area contributed by atoms with Crippen LogP contribution in [0.3, 0.4) is 0 Å². The number of carbonyl (C=O) groups excluding carboxylic acids is 1. The Hall–Kier alpha value is -1.84. The molecule has 2 saturated heterocycles. The Morgan fingerprint density at radius 3 is 2.48 bits per heavy atom. The quantitative estimate of drug-likeness (QED) is 0.692. The van der Waals surface area contributed by atoms with E-state index in [1.165, 1.54) is 12.8 Å². The van der Waals surface area contributed by atoms with E-state index < -0.39 is 0 Å². The summed E-state index contributed by atoms with van der Waals surface area (Å²) >= 11 is 6.14. The van der Waals surface area contributed by atoms with E-state index in [0.717, 1.165) is 24.0 Å². The smallest absolute Gasteiger partial charge is 0.314 e. The highest BCUT2D eigenvalue weighted by Crippen LogP contribution is 2.36. The number of carbonyl (C=O) groups is 1. The van der Waals surface area contributed by atoms with Crippen LogP contribution in [-0.2, 0) is 16.0 Å². The van der Waals surface area contributed by atoms with Gasteiger partial charge in [-0.2, -0.15) is 0 Å². The molecule has 4 heteroatoms. The third-order valence-corrected chi connectivity index (χ3v) is 6.39. The number of hydrogen-bond donors (Lipinski definition) is 0. The molecule has 0 spiro atoms. The van der Waals surface area contributed by atoms with Crippen LogP contribution in [0.1, 0.15) is 42.7 Å². The van der Waals surface area contributed by atoms with Gasteiger partial charge in [0.2, 0.25) is 0 Å². The van der Waals surface area contributed by atoms with Gasteiger partial charge in [-0.3, -0.25) is 4.79 Å². The first-order chi connectivity index (χ1) is 13.1. The summed E-state index contributed by atoms with van der Waals surface area (Å²) in [5.74, 6) is -0.419. The molecule has 0 N–H and O–H groups in total. The van der Waals surface area contributed by atoms with Crippen LogP contribution in [0.25, 0.3) is 0 Å². The van der Waals surface area contributed by atoms with Gasteiger partial charge in [-0.1, -0.05) is 54.1 Å². The van der Waals surface area contributed by atoms with Gasteiger partial charge in [0.15, 0.2) is 0 Å². The predicted molar refractivity (Wildman–Crippen MR) is 108 cm³/mol. The molecule has 2 fully saturated rings. The van der Waals surface area contributed by atoms with Gasteiger partial charge in [0.25, 0.3) is 0 Å². The Morgan fingerprint density at radius 2 is 1.81 bits per heavy atom. The van der Waals surface area contributed by atoms with Crippen molar-refractivity contribution in [3.05, 3.63) is 70.7 Å². The lowest BCUT2D eigenvalue weighted by Gasteiger charge is -2.36. The number of fused-ring (bicyclic) bond motifs is 2. The maximum atomic E-state index is 13.1. The molecule has 2 aromatic rings. The Morgan fingerprint density at radius 1 is 1.11 bits per heavy atom. The van der Waals surface area contributed by atoms with E-state index in [9.17, 15) is 4.79 Å². The fourth-order valence-electron chi connectivity index (χ4n) is 4.63. The van der Waals surface area contributed by atoms with E-state index in [1.54, 1.807) is 0 Å². The van der Waals surface area contributed by atoms with Crippen LogP contribution in [-0.4, -0.2) is 36.1 Å². The summed E-state index contributed by atoms with van der Waals surface area (Å²) in [4.78, 5) is 15.6.